The van der Waals surface area contributed by atoms with E-state index in [-0.39, 0.29) is 0 Å². The molecule has 0 aliphatic heterocycles. The molecule has 0 aliphatic carbocycles. The molecule has 0 unspecified atom stereocenters. The fourth-order valence-corrected chi connectivity index (χ4v) is 2.25. The standard InChI is InChI=1S/C11H12N2OS/c1-14-7-9-10(13-11(12)15-9)8-5-3-2-4-6-8/h2-6H,7H2,1H3,(H2,12,13). The number of rotatable bonds is 3. The Bertz CT molecular complexity index is 439. The molecule has 0 amide bonds. The van der Waals surface area contributed by atoms with Gasteiger partial charge in [0.1, 0.15) is 0 Å². The molecule has 0 aliphatic rings. The Morgan fingerprint density at radius 2 is 2.07 bits per heavy atom. The molecule has 3 nitrogen and oxygen atoms in total. The van der Waals surface area contributed by atoms with Crippen molar-refractivity contribution >= 4 is 16.5 Å². The summed E-state index contributed by atoms with van der Waals surface area (Å²) in [6, 6.07) is 10.00. The molecule has 2 N–H and O–H groups in total. The van der Waals surface area contributed by atoms with Gasteiger partial charge in [0, 0.05) is 12.7 Å². The van der Waals surface area contributed by atoms with Crippen LogP contribution in [0.4, 0.5) is 5.13 Å². The van der Waals surface area contributed by atoms with Gasteiger partial charge in [-0.15, -0.1) is 0 Å². The summed E-state index contributed by atoms with van der Waals surface area (Å²) in [4.78, 5) is 5.39. The van der Waals surface area contributed by atoms with Crippen LogP contribution in [-0.4, -0.2) is 12.1 Å². The number of thiazole rings is 1. The van der Waals surface area contributed by atoms with E-state index in [1.54, 1.807) is 7.11 Å². The minimum atomic E-state index is 0.555. The van der Waals surface area contributed by atoms with Gasteiger partial charge < -0.3 is 10.5 Å². The molecule has 2 aromatic rings. The quantitative estimate of drug-likeness (QED) is 0.864. The van der Waals surface area contributed by atoms with Crippen LogP contribution in [0.3, 0.4) is 0 Å². The summed E-state index contributed by atoms with van der Waals surface area (Å²) in [6.45, 7) is 0.555. The SMILES string of the molecule is COCc1sc(N)nc1-c1ccccc1. The van der Waals surface area contributed by atoms with Crippen molar-refractivity contribution in [2.24, 2.45) is 0 Å². The molecular weight excluding hydrogens is 208 g/mol. The Hall–Kier alpha value is -1.39. The molecule has 15 heavy (non-hydrogen) atoms. The number of nitrogens with two attached hydrogens (primary N) is 1. The molecule has 78 valence electrons. The third kappa shape index (κ3) is 2.16. The number of nitrogens with zero attached hydrogens (tertiary/aromatic N) is 1. The fourth-order valence-electron chi connectivity index (χ4n) is 1.42. The summed E-state index contributed by atoms with van der Waals surface area (Å²) in [7, 11) is 1.67. The summed E-state index contributed by atoms with van der Waals surface area (Å²) in [5, 5.41) is 0.584. The van der Waals surface area contributed by atoms with Gasteiger partial charge in [-0.05, 0) is 0 Å². The zero-order valence-electron chi connectivity index (χ0n) is 8.43. The van der Waals surface area contributed by atoms with Gasteiger partial charge in [0.05, 0.1) is 17.2 Å². The van der Waals surface area contributed by atoms with Crippen LogP contribution < -0.4 is 5.73 Å². The van der Waals surface area contributed by atoms with E-state index in [0.29, 0.717) is 11.7 Å². The van der Waals surface area contributed by atoms with Gasteiger partial charge in [0.15, 0.2) is 5.13 Å². The van der Waals surface area contributed by atoms with Crippen molar-refractivity contribution in [3.05, 3.63) is 35.2 Å². The van der Waals surface area contributed by atoms with E-state index in [9.17, 15) is 0 Å². The van der Waals surface area contributed by atoms with Crippen LogP contribution in [0.2, 0.25) is 0 Å². The van der Waals surface area contributed by atoms with Crippen LogP contribution in [0.1, 0.15) is 4.88 Å². The number of methoxy groups -OCH3 is 1. The maximum absolute atomic E-state index is 5.70. The van der Waals surface area contributed by atoms with Crippen molar-refractivity contribution in [3.8, 4) is 11.3 Å². The summed E-state index contributed by atoms with van der Waals surface area (Å²) in [6.07, 6.45) is 0. The Morgan fingerprint density at radius 1 is 1.33 bits per heavy atom. The van der Waals surface area contributed by atoms with E-state index in [1.807, 2.05) is 30.3 Å². The van der Waals surface area contributed by atoms with Gasteiger partial charge in [0.25, 0.3) is 0 Å². The maximum atomic E-state index is 5.70. The Morgan fingerprint density at radius 3 is 2.73 bits per heavy atom. The number of aromatic nitrogens is 1. The van der Waals surface area contributed by atoms with Crippen LogP contribution in [0.5, 0.6) is 0 Å². The number of benzene rings is 1. The summed E-state index contributed by atoms with van der Waals surface area (Å²) in [5.41, 5.74) is 7.71. The zero-order chi connectivity index (χ0) is 10.7. The second-order valence-corrected chi connectivity index (χ2v) is 4.24. The summed E-state index contributed by atoms with van der Waals surface area (Å²) in [5.74, 6) is 0. The highest BCUT2D eigenvalue weighted by Gasteiger charge is 2.10. The summed E-state index contributed by atoms with van der Waals surface area (Å²) >= 11 is 1.48. The van der Waals surface area contributed by atoms with Crippen molar-refractivity contribution in [2.45, 2.75) is 6.61 Å². The van der Waals surface area contributed by atoms with E-state index in [1.165, 1.54) is 11.3 Å². The van der Waals surface area contributed by atoms with Crippen molar-refractivity contribution in [2.75, 3.05) is 12.8 Å². The first kappa shape index (κ1) is 10.1. The highest BCUT2D eigenvalue weighted by atomic mass is 32.1. The van der Waals surface area contributed by atoms with Crippen molar-refractivity contribution in [3.63, 3.8) is 0 Å². The molecule has 1 aromatic heterocycles. The molecule has 1 aromatic carbocycles. The van der Waals surface area contributed by atoms with Gasteiger partial charge >= 0.3 is 0 Å². The van der Waals surface area contributed by atoms with Crippen LogP contribution in [0.15, 0.2) is 30.3 Å². The number of hydrogen-bond acceptors (Lipinski definition) is 4. The topological polar surface area (TPSA) is 48.1 Å². The predicted molar refractivity (Wildman–Crippen MR) is 62.7 cm³/mol. The predicted octanol–water partition coefficient (Wildman–Crippen LogP) is 2.54. The van der Waals surface area contributed by atoms with E-state index >= 15 is 0 Å². The average Bonchev–Trinajstić information content (AvgIpc) is 2.62. The Balaban J connectivity index is 2.43. The first-order valence-electron chi connectivity index (χ1n) is 4.61. The third-order valence-corrected chi connectivity index (χ3v) is 2.89. The largest absolute Gasteiger partial charge is 0.379 e. The molecule has 0 fully saturated rings. The van der Waals surface area contributed by atoms with Crippen molar-refractivity contribution < 1.29 is 4.74 Å². The lowest BCUT2D eigenvalue weighted by molar-refractivity contribution is 0.188. The summed E-state index contributed by atoms with van der Waals surface area (Å²) < 4.78 is 5.12. The molecule has 0 saturated carbocycles. The molecule has 0 bridgehead atoms. The third-order valence-electron chi connectivity index (χ3n) is 2.04. The molecule has 0 radical (unpaired) electrons. The van der Waals surface area contributed by atoms with E-state index in [0.717, 1.165) is 16.1 Å². The molecule has 0 saturated heterocycles. The highest BCUT2D eigenvalue weighted by molar-refractivity contribution is 7.15. The van der Waals surface area contributed by atoms with E-state index < -0.39 is 0 Å². The molecule has 0 spiro atoms. The average molecular weight is 220 g/mol. The second kappa shape index (κ2) is 4.42. The van der Waals surface area contributed by atoms with Crippen molar-refractivity contribution in [1.29, 1.82) is 0 Å². The normalized spacial score (nSPS) is 10.5. The van der Waals surface area contributed by atoms with Crippen LogP contribution >= 0.6 is 11.3 Å². The fraction of sp³-hybridized carbons (Fsp3) is 0.182. The van der Waals surface area contributed by atoms with Gasteiger partial charge in [-0.2, -0.15) is 0 Å². The Labute approximate surface area is 92.5 Å². The highest BCUT2D eigenvalue weighted by Crippen LogP contribution is 2.29. The Kier molecular flexibility index (Phi) is 2.99. The maximum Gasteiger partial charge on any atom is 0.180 e. The van der Waals surface area contributed by atoms with Gasteiger partial charge in [-0.1, -0.05) is 41.7 Å². The molecule has 4 heteroatoms. The monoisotopic (exact) mass is 220 g/mol. The van der Waals surface area contributed by atoms with E-state index in [2.05, 4.69) is 4.98 Å². The minimum Gasteiger partial charge on any atom is -0.379 e. The second-order valence-electron chi connectivity index (χ2n) is 3.12. The lowest BCUT2D eigenvalue weighted by Gasteiger charge is -2.00. The van der Waals surface area contributed by atoms with Gasteiger partial charge in [0.2, 0.25) is 0 Å². The number of nitrogen functional groups attached to an aromatic ring is 1. The van der Waals surface area contributed by atoms with E-state index in [4.69, 9.17) is 10.5 Å². The van der Waals surface area contributed by atoms with Crippen molar-refractivity contribution in [1.82, 2.24) is 4.98 Å². The molecular formula is C11H12N2OS. The molecule has 2 rings (SSSR count). The first-order valence-corrected chi connectivity index (χ1v) is 5.42. The lowest BCUT2D eigenvalue weighted by atomic mass is 10.1. The van der Waals surface area contributed by atoms with Crippen LogP contribution in [0, 0.1) is 0 Å². The number of anilines is 1. The molecule has 0 atom stereocenters. The number of hydrogen-bond donors (Lipinski definition) is 1. The first-order chi connectivity index (χ1) is 7.31. The van der Waals surface area contributed by atoms with Gasteiger partial charge in [-0.3, -0.25) is 0 Å². The zero-order valence-corrected chi connectivity index (χ0v) is 9.25. The smallest absolute Gasteiger partial charge is 0.180 e. The van der Waals surface area contributed by atoms with Gasteiger partial charge in [-0.25, -0.2) is 4.98 Å². The number of ether oxygens (including phenoxy) is 1. The lowest BCUT2D eigenvalue weighted by Crippen LogP contribution is -1.88. The minimum absolute atomic E-state index is 0.555. The van der Waals surface area contributed by atoms with Crippen LogP contribution in [0.25, 0.3) is 11.3 Å². The molecule has 1 heterocycles. The van der Waals surface area contributed by atoms with Crippen LogP contribution in [-0.2, 0) is 11.3 Å².